The van der Waals surface area contributed by atoms with E-state index in [4.69, 9.17) is 15.6 Å². The topological polar surface area (TPSA) is 139 Å². The van der Waals surface area contributed by atoms with E-state index in [9.17, 15) is 9.59 Å². The summed E-state index contributed by atoms with van der Waals surface area (Å²) in [6.45, 7) is 1.72. The fourth-order valence-electron chi connectivity index (χ4n) is 3.26. The molecule has 2 aliphatic heterocycles. The summed E-state index contributed by atoms with van der Waals surface area (Å²) in [5.74, 6) is -0.138. The first-order chi connectivity index (χ1) is 14.0. The van der Waals surface area contributed by atoms with Gasteiger partial charge in [-0.3, -0.25) is 15.0 Å². The molecule has 6 N–H and O–H groups in total. The lowest BCUT2D eigenvalue weighted by Crippen LogP contribution is -2.43. The molecule has 3 rings (SSSR count). The third-order valence-corrected chi connectivity index (χ3v) is 4.86. The van der Waals surface area contributed by atoms with Crippen LogP contribution in [0.1, 0.15) is 18.4 Å². The zero-order valence-corrected chi connectivity index (χ0v) is 16.1. The molecule has 1 saturated heterocycles. The summed E-state index contributed by atoms with van der Waals surface area (Å²) in [6.07, 6.45) is 4.13. The van der Waals surface area contributed by atoms with Crippen molar-refractivity contribution < 1.29 is 14.3 Å². The van der Waals surface area contributed by atoms with Crippen molar-refractivity contribution in [3.8, 4) is 5.75 Å². The van der Waals surface area contributed by atoms with Gasteiger partial charge in [0.1, 0.15) is 17.4 Å². The van der Waals surface area contributed by atoms with Crippen LogP contribution in [-0.2, 0) is 9.59 Å². The summed E-state index contributed by atoms with van der Waals surface area (Å²) in [7, 11) is 1.54. The summed E-state index contributed by atoms with van der Waals surface area (Å²) in [5, 5.41) is 27.2. The molecular formula is C20H24N6O3. The van der Waals surface area contributed by atoms with Gasteiger partial charge in [0.25, 0.3) is 11.8 Å². The quantitative estimate of drug-likeness (QED) is 0.246. The number of allylic oxidation sites excluding steroid dienone is 1. The molecule has 1 aromatic rings. The van der Waals surface area contributed by atoms with Gasteiger partial charge in [0, 0.05) is 29.5 Å². The minimum atomic E-state index is -0.657. The third-order valence-electron chi connectivity index (χ3n) is 4.86. The molecular weight excluding hydrogens is 372 g/mol. The Hall–Kier alpha value is -3.46. The number of rotatable bonds is 5. The Morgan fingerprint density at radius 3 is 2.52 bits per heavy atom. The summed E-state index contributed by atoms with van der Waals surface area (Å²) in [6, 6.07) is 6.67. The Morgan fingerprint density at radius 2 is 1.90 bits per heavy atom. The number of methoxy groups -OCH3 is 1. The monoisotopic (exact) mass is 396 g/mol. The van der Waals surface area contributed by atoms with Crippen LogP contribution in [0.15, 0.2) is 47.4 Å². The molecule has 0 bridgehead atoms. The van der Waals surface area contributed by atoms with Crippen molar-refractivity contribution in [2.45, 2.75) is 12.8 Å². The maximum absolute atomic E-state index is 12.7. The van der Waals surface area contributed by atoms with E-state index < -0.39 is 5.91 Å². The van der Waals surface area contributed by atoms with E-state index in [1.54, 1.807) is 31.4 Å². The highest BCUT2D eigenvalue weighted by Gasteiger charge is 2.26. The molecule has 1 aromatic carbocycles. The molecule has 2 aliphatic rings. The van der Waals surface area contributed by atoms with Gasteiger partial charge < -0.3 is 31.4 Å². The van der Waals surface area contributed by atoms with E-state index in [1.165, 1.54) is 6.08 Å². The Balaban J connectivity index is 1.75. The van der Waals surface area contributed by atoms with Crippen LogP contribution in [0.2, 0.25) is 0 Å². The van der Waals surface area contributed by atoms with Crippen molar-refractivity contribution in [3.05, 3.63) is 53.0 Å². The van der Waals surface area contributed by atoms with Crippen LogP contribution >= 0.6 is 0 Å². The molecule has 2 amide bonds. The molecule has 0 aromatic heterocycles. The van der Waals surface area contributed by atoms with E-state index >= 15 is 0 Å². The predicted molar refractivity (Wildman–Crippen MR) is 109 cm³/mol. The minimum Gasteiger partial charge on any atom is -0.497 e. The van der Waals surface area contributed by atoms with E-state index in [0.29, 0.717) is 11.3 Å². The average Bonchev–Trinajstić information content (AvgIpc) is 2.74. The van der Waals surface area contributed by atoms with Crippen molar-refractivity contribution in [3.63, 3.8) is 0 Å². The van der Waals surface area contributed by atoms with Gasteiger partial charge in [0.2, 0.25) is 0 Å². The summed E-state index contributed by atoms with van der Waals surface area (Å²) >= 11 is 0. The molecule has 2 heterocycles. The summed E-state index contributed by atoms with van der Waals surface area (Å²) in [5.41, 5.74) is 1.17. The molecule has 0 aliphatic carbocycles. The van der Waals surface area contributed by atoms with Gasteiger partial charge in [-0.2, -0.15) is 0 Å². The van der Waals surface area contributed by atoms with Crippen molar-refractivity contribution in [1.82, 2.24) is 21.3 Å². The summed E-state index contributed by atoms with van der Waals surface area (Å²) < 4.78 is 5.08. The zero-order chi connectivity index (χ0) is 20.8. The number of benzene rings is 1. The van der Waals surface area contributed by atoms with Crippen molar-refractivity contribution in [2.24, 2.45) is 5.92 Å². The number of nitrogens with one attached hydrogen (secondary N) is 6. The number of amides is 2. The van der Waals surface area contributed by atoms with Crippen molar-refractivity contribution >= 4 is 23.9 Å². The minimum absolute atomic E-state index is 0.0591. The molecule has 1 fully saturated rings. The fraction of sp³-hybridized carbons (Fsp3) is 0.300. The largest absolute Gasteiger partial charge is 0.497 e. The lowest BCUT2D eigenvalue weighted by atomic mass is 9.93. The number of ether oxygens (including phenoxy) is 1. The Bertz CT molecular complexity index is 882. The van der Waals surface area contributed by atoms with Crippen LogP contribution in [0.3, 0.4) is 0 Å². The molecule has 9 nitrogen and oxygen atoms in total. The Labute approximate surface area is 168 Å². The van der Waals surface area contributed by atoms with E-state index in [-0.39, 0.29) is 29.1 Å². The highest BCUT2D eigenvalue weighted by atomic mass is 16.5. The van der Waals surface area contributed by atoms with Crippen molar-refractivity contribution in [2.75, 3.05) is 20.2 Å². The first-order valence-corrected chi connectivity index (χ1v) is 9.31. The number of amidine groups is 1. The molecule has 0 atom stereocenters. The van der Waals surface area contributed by atoms with Crippen LogP contribution in [0.5, 0.6) is 5.75 Å². The van der Waals surface area contributed by atoms with Gasteiger partial charge in [-0.25, -0.2) is 0 Å². The standard InChI is InChI=1S/C20H24N6O3/c1-29-14-4-2-13(3-5-14)18(22)26-20(28)15(11-21)19-24-16(10-17(27)25-19)12-6-8-23-9-7-12/h2-5,10-12,21,23-24H,6-9H2,1H3,(H,25,27)(H2,22,26,28)/b19-15-,21-11?. The number of carbonyl (C=O) groups excluding carboxylic acids is 2. The smallest absolute Gasteiger partial charge is 0.262 e. The predicted octanol–water partition coefficient (Wildman–Crippen LogP) is 0.601. The highest BCUT2D eigenvalue weighted by molar-refractivity contribution is 6.19. The number of carbonyl (C=O) groups is 2. The maximum Gasteiger partial charge on any atom is 0.262 e. The van der Waals surface area contributed by atoms with Crippen molar-refractivity contribution in [1.29, 1.82) is 10.8 Å². The van der Waals surface area contributed by atoms with E-state index in [0.717, 1.165) is 37.8 Å². The normalized spacial score (nSPS) is 18.7. The second kappa shape index (κ2) is 9.16. The Kier molecular flexibility index (Phi) is 6.40. The lowest BCUT2D eigenvalue weighted by Gasteiger charge is -2.29. The van der Waals surface area contributed by atoms with Gasteiger partial charge in [-0.15, -0.1) is 0 Å². The second-order valence-corrected chi connectivity index (χ2v) is 6.73. The molecule has 9 heteroatoms. The van der Waals surface area contributed by atoms with Crippen LogP contribution in [-0.4, -0.2) is 44.1 Å². The van der Waals surface area contributed by atoms with Crippen LogP contribution in [0, 0.1) is 16.7 Å². The number of hydrogen-bond donors (Lipinski definition) is 6. The van der Waals surface area contributed by atoms with Gasteiger partial charge in [-0.1, -0.05) is 0 Å². The van der Waals surface area contributed by atoms with E-state index in [1.807, 2.05) is 0 Å². The van der Waals surface area contributed by atoms with Gasteiger partial charge in [0.15, 0.2) is 0 Å². The van der Waals surface area contributed by atoms with Crippen LogP contribution in [0.25, 0.3) is 0 Å². The number of hydrogen-bond acceptors (Lipinski definition) is 7. The van der Waals surface area contributed by atoms with Crippen LogP contribution in [0.4, 0.5) is 0 Å². The first kappa shape index (κ1) is 20.3. The van der Waals surface area contributed by atoms with Gasteiger partial charge in [0.05, 0.1) is 12.7 Å². The zero-order valence-electron chi connectivity index (χ0n) is 16.1. The number of piperidine rings is 1. The molecule has 0 radical (unpaired) electrons. The molecule has 0 unspecified atom stereocenters. The first-order valence-electron chi connectivity index (χ1n) is 9.31. The summed E-state index contributed by atoms with van der Waals surface area (Å²) in [4.78, 5) is 24.8. The van der Waals surface area contributed by atoms with Crippen LogP contribution < -0.4 is 26.0 Å². The Morgan fingerprint density at radius 1 is 1.21 bits per heavy atom. The SMILES string of the molecule is COc1ccc(C(=N)NC(=O)/C(C=N)=C2\NC(=O)C=C(C3CCNCC3)N2)cc1. The van der Waals surface area contributed by atoms with Gasteiger partial charge in [-0.05, 0) is 50.2 Å². The molecule has 0 spiro atoms. The van der Waals surface area contributed by atoms with E-state index in [2.05, 4.69) is 21.3 Å². The third kappa shape index (κ3) is 4.88. The second-order valence-electron chi connectivity index (χ2n) is 6.73. The average molecular weight is 396 g/mol. The lowest BCUT2D eigenvalue weighted by molar-refractivity contribution is -0.116. The molecule has 29 heavy (non-hydrogen) atoms. The highest BCUT2D eigenvalue weighted by Crippen LogP contribution is 2.22. The molecule has 0 saturated carbocycles. The van der Waals surface area contributed by atoms with Gasteiger partial charge >= 0.3 is 0 Å². The molecule has 152 valence electrons. The maximum atomic E-state index is 12.7. The fourth-order valence-corrected chi connectivity index (χ4v) is 3.26.